The number of hydrogen-bond donors (Lipinski definition) is 1. The van der Waals surface area contributed by atoms with Crippen LogP contribution < -0.4 is 0 Å². The standard InChI is InChI=1S/C22H26ClNO/c23-20-10-8-17(9-11-20)21(25)16-24-14-13-22(12-4-7-19(22)15-24)18-5-2-1-3-6-18/h1-3,5-6,8-11,19,21,25H,4,7,12-16H2. The largest absolute Gasteiger partial charge is 0.387 e. The van der Waals surface area contributed by atoms with Crippen molar-refractivity contribution in [3.05, 3.63) is 70.7 Å². The van der Waals surface area contributed by atoms with Gasteiger partial charge in [0, 0.05) is 23.5 Å². The summed E-state index contributed by atoms with van der Waals surface area (Å²) in [6, 6.07) is 18.7. The molecule has 0 radical (unpaired) electrons. The maximum absolute atomic E-state index is 10.6. The van der Waals surface area contributed by atoms with E-state index in [1.807, 2.05) is 24.3 Å². The number of likely N-dealkylation sites (tertiary alicyclic amines) is 1. The van der Waals surface area contributed by atoms with Gasteiger partial charge >= 0.3 is 0 Å². The second-order valence-corrected chi connectivity index (χ2v) is 8.12. The third-order valence-electron chi connectivity index (χ3n) is 6.34. The van der Waals surface area contributed by atoms with E-state index in [4.69, 9.17) is 11.6 Å². The van der Waals surface area contributed by atoms with Crippen LogP contribution in [0.5, 0.6) is 0 Å². The minimum Gasteiger partial charge on any atom is -0.387 e. The summed E-state index contributed by atoms with van der Waals surface area (Å²) in [4.78, 5) is 2.45. The molecule has 2 aliphatic rings. The van der Waals surface area contributed by atoms with E-state index in [9.17, 15) is 5.11 Å². The molecule has 4 rings (SSSR count). The molecule has 25 heavy (non-hydrogen) atoms. The molecule has 1 heterocycles. The Morgan fingerprint density at radius 2 is 1.84 bits per heavy atom. The van der Waals surface area contributed by atoms with E-state index < -0.39 is 6.10 Å². The highest BCUT2D eigenvalue weighted by Gasteiger charge is 2.47. The van der Waals surface area contributed by atoms with Crippen LogP contribution in [-0.4, -0.2) is 29.6 Å². The SMILES string of the molecule is OC(CN1CCC2(c3ccccc3)CCCC2C1)c1ccc(Cl)cc1. The Morgan fingerprint density at radius 3 is 2.60 bits per heavy atom. The minimum atomic E-state index is -0.442. The second-order valence-electron chi connectivity index (χ2n) is 7.69. The molecular weight excluding hydrogens is 330 g/mol. The number of piperidine rings is 1. The van der Waals surface area contributed by atoms with E-state index in [2.05, 4.69) is 35.2 Å². The Bertz CT molecular complexity index is 702. The molecule has 2 fully saturated rings. The summed E-state index contributed by atoms with van der Waals surface area (Å²) in [6.45, 7) is 2.87. The fourth-order valence-corrected chi connectivity index (χ4v) is 5.12. The molecule has 0 spiro atoms. The summed E-state index contributed by atoms with van der Waals surface area (Å²) in [5.41, 5.74) is 2.84. The second kappa shape index (κ2) is 7.11. The van der Waals surface area contributed by atoms with Gasteiger partial charge in [0.15, 0.2) is 0 Å². The lowest BCUT2D eigenvalue weighted by Crippen LogP contribution is -2.48. The molecule has 0 aromatic heterocycles. The number of aliphatic hydroxyl groups is 1. The van der Waals surface area contributed by atoms with Gasteiger partial charge in [-0.2, -0.15) is 0 Å². The highest BCUT2D eigenvalue weighted by molar-refractivity contribution is 6.30. The van der Waals surface area contributed by atoms with Crippen LogP contribution in [0.1, 0.15) is 42.9 Å². The summed E-state index contributed by atoms with van der Waals surface area (Å²) in [6.07, 6.45) is 4.71. The Labute approximate surface area is 155 Å². The van der Waals surface area contributed by atoms with Crippen molar-refractivity contribution in [3.63, 3.8) is 0 Å². The van der Waals surface area contributed by atoms with E-state index >= 15 is 0 Å². The van der Waals surface area contributed by atoms with Gasteiger partial charge in [-0.15, -0.1) is 0 Å². The minimum absolute atomic E-state index is 0.364. The summed E-state index contributed by atoms with van der Waals surface area (Å²) >= 11 is 5.95. The summed E-state index contributed by atoms with van der Waals surface area (Å²) in [5, 5.41) is 11.3. The fourth-order valence-electron chi connectivity index (χ4n) is 5.00. The Balaban J connectivity index is 1.45. The van der Waals surface area contributed by atoms with Gasteiger partial charge < -0.3 is 10.0 Å². The van der Waals surface area contributed by atoms with E-state index in [0.29, 0.717) is 22.9 Å². The molecular formula is C22H26ClNO. The van der Waals surface area contributed by atoms with Gasteiger partial charge in [0.2, 0.25) is 0 Å². The molecule has 1 N–H and O–H groups in total. The lowest BCUT2D eigenvalue weighted by Gasteiger charge is -2.45. The number of hydrogen-bond acceptors (Lipinski definition) is 2. The lowest BCUT2D eigenvalue weighted by molar-refractivity contribution is 0.0580. The molecule has 2 aromatic carbocycles. The van der Waals surface area contributed by atoms with E-state index in [0.717, 1.165) is 18.7 Å². The van der Waals surface area contributed by atoms with Crippen LogP contribution in [0.15, 0.2) is 54.6 Å². The molecule has 1 aliphatic carbocycles. The zero-order valence-corrected chi connectivity index (χ0v) is 15.3. The van der Waals surface area contributed by atoms with Crippen LogP contribution in [0.4, 0.5) is 0 Å². The van der Waals surface area contributed by atoms with E-state index in [1.165, 1.54) is 31.2 Å². The zero-order valence-electron chi connectivity index (χ0n) is 14.6. The van der Waals surface area contributed by atoms with Gasteiger partial charge in [0.1, 0.15) is 0 Å². The van der Waals surface area contributed by atoms with Crippen molar-refractivity contribution < 1.29 is 5.11 Å². The van der Waals surface area contributed by atoms with Gasteiger partial charge in [-0.05, 0) is 55.0 Å². The molecule has 3 heteroatoms. The van der Waals surface area contributed by atoms with Gasteiger partial charge in [-0.25, -0.2) is 0 Å². The molecule has 3 atom stereocenters. The maximum atomic E-state index is 10.6. The summed E-state index contributed by atoms with van der Waals surface area (Å²) in [7, 11) is 0. The number of aliphatic hydroxyl groups excluding tert-OH is 1. The highest BCUT2D eigenvalue weighted by Crippen LogP contribution is 2.50. The Hall–Kier alpha value is -1.35. The van der Waals surface area contributed by atoms with Crippen LogP contribution in [0.2, 0.25) is 5.02 Å². The Morgan fingerprint density at radius 1 is 1.08 bits per heavy atom. The van der Waals surface area contributed by atoms with Crippen molar-refractivity contribution in [2.75, 3.05) is 19.6 Å². The fraction of sp³-hybridized carbons (Fsp3) is 0.455. The molecule has 2 aromatic rings. The van der Waals surface area contributed by atoms with Crippen molar-refractivity contribution in [3.8, 4) is 0 Å². The highest BCUT2D eigenvalue weighted by atomic mass is 35.5. The first-order valence-corrected chi connectivity index (χ1v) is 9.77. The molecule has 0 bridgehead atoms. The van der Waals surface area contributed by atoms with Crippen molar-refractivity contribution in [2.45, 2.75) is 37.2 Å². The van der Waals surface area contributed by atoms with Crippen LogP contribution >= 0.6 is 11.6 Å². The van der Waals surface area contributed by atoms with Gasteiger partial charge in [0.25, 0.3) is 0 Å². The number of β-amino-alcohol motifs (C(OH)–C–C–N with tert-alkyl or cyclic N) is 1. The first-order valence-electron chi connectivity index (χ1n) is 9.39. The number of nitrogens with zero attached hydrogens (tertiary/aromatic N) is 1. The van der Waals surface area contributed by atoms with Crippen molar-refractivity contribution in [1.82, 2.24) is 4.90 Å². The number of rotatable bonds is 4. The summed E-state index contributed by atoms with van der Waals surface area (Å²) < 4.78 is 0. The molecule has 1 saturated heterocycles. The van der Waals surface area contributed by atoms with Crippen LogP contribution in [0, 0.1) is 5.92 Å². The summed E-state index contributed by atoms with van der Waals surface area (Å²) in [5.74, 6) is 0.709. The number of halogens is 1. The Kier molecular flexibility index (Phi) is 4.86. The predicted octanol–water partition coefficient (Wildman–Crippen LogP) is 4.82. The maximum Gasteiger partial charge on any atom is 0.0916 e. The molecule has 1 aliphatic heterocycles. The first-order chi connectivity index (χ1) is 12.2. The van der Waals surface area contributed by atoms with Gasteiger partial charge in [-0.3, -0.25) is 0 Å². The molecule has 0 amide bonds. The van der Waals surface area contributed by atoms with Gasteiger partial charge in [0.05, 0.1) is 6.10 Å². The van der Waals surface area contributed by atoms with Gasteiger partial charge in [-0.1, -0.05) is 60.5 Å². The zero-order chi connectivity index (χ0) is 17.3. The lowest BCUT2D eigenvalue weighted by atomic mass is 9.67. The average Bonchev–Trinajstić information content (AvgIpc) is 3.07. The van der Waals surface area contributed by atoms with E-state index in [1.54, 1.807) is 0 Å². The predicted molar refractivity (Wildman–Crippen MR) is 103 cm³/mol. The van der Waals surface area contributed by atoms with Crippen LogP contribution in [0.3, 0.4) is 0 Å². The van der Waals surface area contributed by atoms with Crippen LogP contribution in [0.25, 0.3) is 0 Å². The average molecular weight is 356 g/mol. The molecule has 1 saturated carbocycles. The number of benzene rings is 2. The smallest absolute Gasteiger partial charge is 0.0916 e. The third-order valence-corrected chi connectivity index (χ3v) is 6.60. The normalized spacial score (nSPS) is 27.8. The quantitative estimate of drug-likeness (QED) is 0.850. The van der Waals surface area contributed by atoms with Crippen molar-refractivity contribution in [2.24, 2.45) is 5.92 Å². The molecule has 2 nitrogen and oxygen atoms in total. The monoisotopic (exact) mass is 355 g/mol. The molecule has 132 valence electrons. The van der Waals surface area contributed by atoms with Crippen molar-refractivity contribution in [1.29, 1.82) is 0 Å². The molecule has 3 unspecified atom stereocenters. The van der Waals surface area contributed by atoms with Crippen LogP contribution in [-0.2, 0) is 5.41 Å². The topological polar surface area (TPSA) is 23.5 Å². The first kappa shape index (κ1) is 17.1. The van der Waals surface area contributed by atoms with Crippen molar-refractivity contribution >= 4 is 11.6 Å². The third kappa shape index (κ3) is 3.36. The number of fused-ring (bicyclic) bond motifs is 1. The van der Waals surface area contributed by atoms with E-state index in [-0.39, 0.29) is 0 Å².